The highest BCUT2D eigenvalue weighted by molar-refractivity contribution is 5.83. The average molecular weight is 295 g/mol. The molecular weight excluding hydrogens is 274 g/mol. The number of amides is 1. The summed E-state index contributed by atoms with van der Waals surface area (Å²) in [6.45, 7) is 3.92. The molecule has 3 nitrogen and oxygen atoms in total. The van der Waals surface area contributed by atoms with Gasteiger partial charge in [-0.2, -0.15) is 0 Å². The predicted octanol–water partition coefficient (Wildman–Crippen LogP) is 3.35. The van der Waals surface area contributed by atoms with Crippen LogP contribution in [0.2, 0.25) is 0 Å². The van der Waals surface area contributed by atoms with Crippen LogP contribution in [0.15, 0.2) is 54.6 Å². The maximum atomic E-state index is 12.9. The Balaban J connectivity index is 1.80. The largest absolute Gasteiger partial charge is 0.363 e. The summed E-state index contributed by atoms with van der Waals surface area (Å²) in [4.78, 5) is 14.8. The predicted molar refractivity (Wildman–Crippen MR) is 86.4 cm³/mol. The van der Waals surface area contributed by atoms with Crippen molar-refractivity contribution < 1.29 is 9.53 Å². The molecule has 0 spiro atoms. The van der Waals surface area contributed by atoms with Crippen molar-refractivity contribution in [3.8, 4) is 0 Å². The van der Waals surface area contributed by atoms with Crippen molar-refractivity contribution in [2.45, 2.75) is 26.0 Å². The molecule has 0 aromatic heterocycles. The molecule has 0 fully saturated rings. The summed E-state index contributed by atoms with van der Waals surface area (Å²) in [6.07, 6.45) is 0.415. The Morgan fingerprint density at radius 3 is 2.64 bits per heavy atom. The molecule has 114 valence electrons. The van der Waals surface area contributed by atoms with Gasteiger partial charge in [0.15, 0.2) is 6.10 Å². The zero-order chi connectivity index (χ0) is 15.4. The number of carbonyl (C=O) groups is 1. The minimum absolute atomic E-state index is 0.0542. The molecule has 1 unspecified atom stereocenters. The number of hydrogen-bond acceptors (Lipinski definition) is 2. The number of carbonyl (C=O) groups excluding carboxylic acids is 1. The van der Waals surface area contributed by atoms with E-state index >= 15 is 0 Å². The summed E-state index contributed by atoms with van der Waals surface area (Å²) < 4.78 is 5.80. The van der Waals surface area contributed by atoms with E-state index in [0.29, 0.717) is 19.7 Å². The minimum Gasteiger partial charge on any atom is -0.363 e. The number of benzene rings is 2. The molecule has 2 aromatic carbocycles. The van der Waals surface area contributed by atoms with Gasteiger partial charge < -0.3 is 9.64 Å². The van der Waals surface area contributed by atoms with Crippen molar-refractivity contribution >= 4 is 5.91 Å². The highest BCUT2D eigenvalue weighted by Crippen LogP contribution is 2.29. The van der Waals surface area contributed by atoms with Crippen LogP contribution < -0.4 is 0 Å². The molecule has 1 atom stereocenters. The second-order valence-electron chi connectivity index (χ2n) is 5.54. The third-order valence-electron chi connectivity index (χ3n) is 4.13. The normalized spacial score (nSPS) is 16.9. The molecule has 2 aromatic rings. The maximum absolute atomic E-state index is 12.9. The Bertz CT molecular complexity index is 639. The van der Waals surface area contributed by atoms with Crippen LogP contribution in [-0.4, -0.2) is 24.0 Å². The molecular formula is C19H21NO2. The van der Waals surface area contributed by atoms with Gasteiger partial charge in [-0.3, -0.25) is 4.79 Å². The molecule has 1 amide bonds. The Hall–Kier alpha value is -2.13. The second kappa shape index (κ2) is 6.75. The lowest BCUT2D eigenvalue weighted by atomic mass is 9.96. The first-order chi connectivity index (χ1) is 10.8. The highest BCUT2D eigenvalue weighted by Gasteiger charge is 2.30. The van der Waals surface area contributed by atoms with Crippen LogP contribution in [-0.2, 0) is 22.5 Å². The second-order valence-corrected chi connectivity index (χ2v) is 5.54. The van der Waals surface area contributed by atoms with Crippen molar-refractivity contribution in [3.05, 3.63) is 71.3 Å². The lowest BCUT2D eigenvalue weighted by molar-refractivity contribution is -0.145. The molecule has 0 bridgehead atoms. The highest BCUT2D eigenvalue weighted by atomic mass is 16.5. The monoisotopic (exact) mass is 295 g/mol. The number of ether oxygens (including phenoxy) is 1. The summed E-state index contributed by atoms with van der Waals surface area (Å²) in [5.41, 5.74) is 3.38. The lowest BCUT2D eigenvalue weighted by Gasteiger charge is -2.30. The smallest absolute Gasteiger partial charge is 0.256 e. The van der Waals surface area contributed by atoms with Crippen molar-refractivity contribution in [2.24, 2.45) is 0 Å². The molecule has 1 heterocycles. The Morgan fingerprint density at radius 2 is 1.86 bits per heavy atom. The first-order valence-electron chi connectivity index (χ1n) is 7.81. The van der Waals surface area contributed by atoms with E-state index in [1.54, 1.807) is 0 Å². The molecule has 3 heteroatoms. The zero-order valence-electron chi connectivity index (χ0n) is 12.9. The SMILES string of the molecule is CCN(Cc1ccccc1)C(=O)C1OCCc2ccccc21. The van der Waals surface area contributed by atoms with E-state index in [1.807, 2.05) is 60.4 Å². The van der Waals surface area contributed by atoms with Crippen LogP contribution >= 0.6 is 0 Å². The van der Waals surface area contributed by atoms with Crippen LogP contribution in [0.3, 0.4) is 0 Å². The standard InChI is InChI=1S/C19H21NO2/c1-2-20(14-15-8-4-3-5-9-15)19(21)18-17-11-7-6-10-16(17)12-13-22-18/h3-11,18H,2,12-14H2,1H3. The molecule has 1 aliphatic rings. The van der Waals surface area contributed by atoms with Gasteiger partial charge in [0.1, 0.15) is 0 Å². The number of fused-ring (bicyclic) bond motifs is 1. The Kier molecular flexibility index (Phi) is 4.54. The van der Waals surface area contributed by atoms with E-state index in [2.05, 4.69) is 6.07 Å². The molecule has 3 rings (SSSR count). The van der Waals surface area contributed by atoms with Crippen LogP contribution in [0.4, 0.5) is 0 Å². The van der Waals surface area contributed by atoms with Gasteiger partial charge in [-0.05, 0) is 30.0 Å². The average Bonchev–Trinajstić information content (AvgIpc) is 2.59. The van der Waals surface area contributed by atoms with E-state index in [1.165, 1.54) is 5.56 Å². The molecule has 0 saturated heterocycles. The summed E-state index contributed by atoms with van der Waals surface area (Å²) in [6, 6.07) is 18.2. The van der Waals surface area contributed by atoms with E-state index in [4.69, 9.17) is 4.74 Å². The number of rotatable bonds is 4. The fourth-order valence-corrected chi connectivity index (χ4v) is 2.91. The first kappa shape index (κ1) is 14.8. The maximum Gasteiger partial charge on any atom is 0.256 e. The minimum atomic E-state index is -0.464. The zero-order valence-corrected chi connectivity index (χ0v) is 12.9. The van der Waals surface area contributed by atoms with Gasteiger partial charge >= 0.3 is 0 Å². The quantitative estimate of drug-likeness (QED) is 0.865. The van der Waals surface area contributed by atoms with Crippen LogP contribution in [0.5, 0.6) is 0 Å². The van der Waals surface area contributed by atoms with Gasteiger partial charge in [0.2, 0.25) is 0 Å². The fourth-order valence-electron chi connectivity index (χ4n) is 2.91. The van der Waals surface area contributed by atoms with Crippen molar-refractivity contribution in [2.75, 3.05) is 13.2 Å². The lowest BCUT2D eigenvalue weighted by Crippen LogP contribution is -2.37. The van der Waals surface area contributed by atoms with Crippen molar-refractivity contribution in [1.29, 1.82) is 0 Å². The first-order valence-corrected chi connectivity index (χ1v) is 7.81. The van der Waals surface area contributed by atoms with E-state index < -0.39 is 6.10 Å². The van der Waals surface area contributed by atoms with Crippen molar-refractivity contribution in [1.82, 2.24) is 4.90 Å². The van der Waals surface area contributed by atoms with Crippen LogP contribution in [0, 0.1) is 0 Å². The van der Waals surface area contributed by atoms with E-state index in [9.17, 15) is 4.79 Å². The fraction of sp³-hybridized carbons (Fsp3) is 0.316. The Labute approximate surface area is 131 Å². The molecule has 0 radical (unpaired) electrons. The summed E-state index contributed by atoms with van der Waals surface area (Å²) >= 11 is 0. The summed E-state index contributed by atoms with van der Waals surface area (Å²) in [5, 5.41) is 0. The number of nitrogens with zero attached hydrogens (tertiary/aromatic N) is 1. The molecule has 0 aliphatic carbocycles. The van der Waals surface area contributed by atoms with Gasteiger partial charge in [-0.1, -0.05) is 54.6 Å². The molecule has 0 N–H and O–H groups in total. The van der Waals surface area contributed by atoms with Gasteiger partial charge in [0.25, 0.3) is 5.91 Å². The third kappa shape index (κ3) is 3.04. The van der Waals surface area contributed by atoms with Crippen molar-refractivity contribution in [3.63, 3.8) is 0 Å². The third-order valence-corrected chi connectivity index (χ3v) is 4.13. The number of likely N-dealkylation sites (N-methyl/N-ethyl adjacent to an activating group) is 1. The topological polar surface area (TPSA) is 29.5 Å². The van der Waals surface area contributed by atoms with Gasteiger partial charge in [-0.15, -0.1) is 0 Å². The van der Waals surface area contributed by atoms with Gasteiger partial charge in [0.05, 0.1) is 6.61 Å². The summed E-state index contributed by atoms with van der Waals surface area (Å²) in [7, 11) is 0. The van der Waals surface area contributed by atoms with Gasteiger partial charge in [-0.25, -0.2) is 0 Å². The Morgan fingerprint density at radius 1 is 1.14 bits per heavy atom. The van der Waals surface area contributed by atoms with Crippen LogP contribution in [0.1, 0.15) is 29.7 Å². The summed E-state index contributed by atoms with van der Waals surface area (Å²) in [5.74, 6) is 0.0542. The molecule has 22 heavy (non-hydrogen) atoms. The van der Waals surface area contributed by atoms with Crippen LogP contribution in [0.25, 0.3) is 0 Å². The van der Waals surface area contributed by atoms with E-state index in [-0.39, 0.29) is 5.91 Å². The molecule has 0 saturated carbocycles. The number of hydrogen-bond donors (Lipinski definition) is 0. The van der Waals surface area contributed by atoms with Gasteiger partial charge in [0, 0.05) is 13.1 Å². The molecule has 1 aliphatic heterocycles. The van der Waals surface area contributed by atoms with E-state index in [0.717, 1.165) is 17.5 Å².